The van der Waals surface area contributed by atoms with Crippen LogP contribution in [0.1, 0.15) is 37.9 Å². The summed E-state index contributed by atoms with van der Waals surface area (Å²) < 4.78 is 10.9. The van der Waals surface area contributed by atoms with Crippen molar-refractivity contribution >= 4 is 40.4 Å². The standard InChI is InChI=1S/C30H31ClN2O5/c1-5-32(6-2)20-10-12-21(13-11-20)33-27(19-8-14-22(37-4)15-9-19)26(29(35)30(33)36)28(34)24-18-23(38-7-3)16-17-25(24)31/h8-18,27,34H,5-7H2,1-4H3/b28-26+. The van der Waals surface area contributed by atoms with Crippen molar-refractivity contribution < 1.29 is 24.2 Å². The van der Waals surface area contributed by atoms with Crippen molar-refractivity contribution in [3.05, 3.63) is 88.5 Å². The summed E-state index contributed by atoms with van der Waals surface area (Å²) in [5, 5.41) is 11.7. The van der Waals surface area contributed by atoms with Crippen molar-refractivity contribution in [3.8, 4) is 11.5 Å². The van der Waals surface area contributed by atoms with Crippen molar-refractivity contribution in [2.75, 3.05) is 36.6 Å². The molecule has 7 nitrogen and oxygen atoms in total. The summed E-state index contributed by atoms with van der Waals surface area (Å²) in [5.41, 5.74) is 2.35. The molecule has 0 saturated carbocycles. The molecule has 1 saturated heterocycles. The molecular weight excluding hydrogens is 504 g/mol. The number of ether oxygens (including phenoxy) is 2. The number of hydrogen-bond acceptors (Lipinski definition) is 6. The molecule has 0 bridgehead atoms. The topological polar surface area (TPSA) is 79.3 Å². The number of carbonyl (C=O) groups excluding carboxylic acids is 2. The van der Waals surface area contributed by atoms with Crippen LogP contribution in [0.4, 0.5) is 11.4 Å². The maximum absolute atomic E-state index is 13.5. The molecule has 1 N–H and O–H groups in total. The molecule has 1 heterocycles. The van der Waals surface area contributed by atoms with Gasteiger partial charge in [0.25, 0.3) is 11.7 Å². The number of carbonyl (C=O) groups is 2. The first-order valence-electron chi connectivity index (χ1n) is 12.6. The molecule has 4 rings (SSSR count). The quantitative estimate of drug-likeness (QED) is 0.199. The monoisotopic (exact) mass is 534 g/mol. The van der Waals surface area contributed by atoms with Gasteiger partial charge in [-0.3, -0.25) is 14.5 Å². The Kier molecular flexibility index (Phi) is 8.27. The Hall–Kier alpha value is -3.97. The van der Waals surface area contributed by atoms with Gasteiger partial charge >= 0.3 is 0 Å². The summed E-state index contributed by atoms with van der Waals surface area (Å²) >= 11 is 6.43. The number of rotatable bonds is 9. The number of ketones is 1. The van der Waals surface area contributed by atoms with Gasteiger partial charge in [0.05, 0.1) is 30.4 Å². The van der Waals surface area contributed by atoms with Crippen LogP contribution in [-0.2, 0) is 9.59 Å². The van der Waals surface area contributed by atoms with Crippen LogP contribution in [0.3, 0.4) is 0 Å². The van der Waals surface area contributed by atoms with Gasteiger partial charge in [0.2, 0.25) is 0 Å². The highest BCUT2D eigenvalue weighted by atomic mass is 35.5. The minimum atomic E-state index is -0.882. The molecule has 1 aliphatic rings. The molecule has 0 spiro atoms. The maximum atomic E-state index is 13.5. The number of amides is 1. The number of methoxy groups -OCH3 is 1. The molecule has 0 aromatic heterocycles. The lowest BCUT2D eigenvalue weighted by molar-refractivity contribution is -0.132. The molecule has 1 unspecified atom stereocenters. The minimum Gasteiger partial charge on any atom is -0.507 e. The van der Waals surface area contributed by atoms with E-state index in [0.29, 0.717) is 29.4 Å². The Morgan fingerprint density at radius 2 is 1.58 bits per heavy atom. The highest BCUT2D eigenvalue weighted by molar-refractivity contribution is 6.52. The molecule has 1 amide bonds. The van der Waals surface area contributed by atoms with Gasteiger partial charge in [-0.25, -0.2) is 0 Å². The van der Waals surface area contributed by atoms with Crippen LogP contribution in [0.25, 0.3) is 5.76 Å². The fourth-order valence-electron chi connectivity index (χ4n) is 4.70. The van der Waals surface area contributed by atoms with Crippen molar-refractivity contribution in [2.45, 2.75) is 26.8 Å². The number of benzene rings is 3. The Labute approximate surface area is 227 Å². The minimum absolute atomic E-state index is 0.0523. The lowest BCUT2D eigenvalue weighted by Crippen LogP contribution is -2.29. The van der Waals surface area contributed by atoms with Gasteiger partial charge in [-0.05, 0) is 80.9 Å². The van der Waals surface area contributed by atoms with E-state index < -0.39 is 17.7 Å². The molecule has 0 aliphatic carbocycles. The first kappa shape index (κ1) is 27.1. The number of aliphatic hydroxyl groups excluding tert-OH is 1. The lowest BCUT2D eigenvalue weighted by Gasteiger charge is -2.27. The molecule has 198 valence electrons. The highest BCUT2D eigenvalue weighted by Gasteiger charge is 2.47. The molecule has 3 aromatic carbocycles. The predicted molar refractivity (Wildman–Crippen MR) is 150 cm³/mol. The fourth-order valence-corrected chi connectivity index (χ4v) is 4.91. The molecular formula is C30H31ClN2O5. The van der Waals surface area contributed by atoms with Crippen LogP contribution in [0.2, 0.25) is 5.02 Å². The van der Waals surface area contributed by atoms with Crippen LogP contribution in [-0.4, -0.2) is 43.6 Å². The van der Waals surface area contributed by atoms with Crippen molar-refractivity contribution in [3.63, 3.8) is 0 Å². The van der Waals surface area contributed by atoms with Gasteiger partial charge in [-0.15, -0.1) is 0 Å². The summed E-state index contributed by atoms with van der Waals surface area (Å²) in [6.07, 6.45) is 0. The third kappa shape index (κ3) is 5.07. The summed E-state index contributed by atoms with van der Waals surface area (Å²) in [5.74, 6) is -0.783. The van der Waals surface area contributed by atoms with Gasteiger partial charge in [0.1, 0.15) is 17.3 Å². The maximum Gasteiger partial charge on any atom is 0.300 e. The van der Waals surface area contributed by atoms with E-state index in [-0.39, 0.29) is 21.9 Å². The van der Waals surface area contributed by atoms with E-state index in [1.54, 1.807) is 49.6 Å². The van der Waals surface area contributed by atoms with E-state index in [1.807, 2.05) is 31.2 Å². The van der Waals surface area contributed by atoms with Gasteiger partial charge in [-0.1, -0.05) is 23.7 Å². The zero-order chi connectivity index (χ0) is 27.4. The Bertz CT molecular complexity index is 1350. The van der Waals surface area contributed by atoms with E-state index in [2.05, 4.69) is 18.7 Å². The van der Waals surface area contributed by atoms with E-state index >= 15 is 0 Å². The Balaban J connectivity index is 1.89. The van der Waals surface area contributed by atoms with E-state index in [0.717, 1.165) is 18.8 Å². The average Bonchev–Trinajstić information content (AvgIpc) is 3.20. The first-order chi connectivity index (χ1) is 18.3. The Morgan fingerprint density at radius 1 is 0.947 bits per heavy atom. The van der Waals surface area contributed by atoms with Crippen LogP contribution >= 0.6 is 11.6 Å². The van der Waals surface area contributed by atoms with Crippen LogP contribution in [0, 0.1) is 0 Å². The van der Waals surface area contributed by atoms with Crippen molar-refractivity contribution in [1.82, 2.24) is 0 Å². The third-order valence-corrected chi connectivity index (χ3v) is 6.97. The molecule has 38 heavy (non-hydrogen) atoms. The van der Waals surface area contributed by atoms with Gasteiger partial charge in [0.15, 0.2) is 0 Å². The predicted octanol–water partition coefficient (Wildman–Crippen LogP) is 6.22. The lowest BCUT2D eigenvalue weighted by atomic mass is 9.95. The average molecular weight is 535 g/mol. The second-order valence-electron chi connectivity index (χ2n) is 8.71. The fraction of sp³-hybridized carbons (Fsp3) is 0.267. The zero-order valence-corrected chi connectivity index (χ0v) is 22.7. The van der Waals surface area contributed by atoms with E-state index in [4.69, 9.17) is 21.1 Å². The molecule has 3 aromatic rings. The number of nitrogens with zero attached hydrogens (tertiary/aromatic N) is 2. The number of Topliss-reactive ketones (excluding diaryl/α,β-unsaturated/α-hetero) is 1. The summed E-state index contributed by atoms with van der Waals surface area (Å²) in [7, 11) is 1.56. The van der Waals surface area contributed by atoms with Crippen molar-refractivity contribution in [1.29, 1.82) is 0 Å². The molecule has 1 fully saturated rings. The van der Waals surface area contributed by atoms with Gasteiger partial charge in [-0.2, -0.15) is 0 Å². The zero-order valence-electron chi connectivity index (χ0n) is 21.9. The van der Waals surface area contributed by atoms with Gasteiger partial charge < -0.3 is 19.5 Å². The largest absolute Gasteiger partial charge is 0.507 e. The molecule has 0 radical (unpaired) electrons. The highest BCUT2D eigenvalue weighted by Crippen LogP contribution is 2.44. The number of halogens is 1. The molecule has 1 atom stereocenters. The van der Waals surface area contributed by atoms with Crippen LogP contribution in [0.5, 0.6) is 11.5 Å². The smallest absolute Gasteiger partial charge is 0.300 e. The number of anilines is 2. The summed E-state index contributed by atoms with van der Waals surface area (Å²) in [6, 6.07) is 18.5. The summed E-state index contributed by atoms with van der Waals surface area (Å²) in [4.78, 5) is 30.6. The second-order valence-corrected chi connectivity index (χ2v) is 9.11. The third-order valence-electron chi connectivity index (χ3n) is 6.64. The molecule has 1 aliphatic heterocycles. The first-order valence-corrected chi connectivity index (χ1v) is 12.9. The normalized spacial score (nSPS) is 16.6. The Morgan fingerprint density at radius 3 is 2.16 bits per heavy atom. The summed E-state index contributed by atoms with van der Waals surface area (Å²) in [6.45, 7) is 8.09. The van der Waals surface area contributed by atoms with E-state index in [9.17, 15) is 14.7 Å². The van der Waals surface area contributed by atoms with Crippen LogP contribution < -0.4 is 19.3 Å². The number of aliphatic hydroxyl groups is 1. The van der Waals surface area contributed by atoms with Gasteiger partial charge in [0, 0.05) is 30.0 Å². The second kappa shape index (κ2) is 11.6. The number of hydrogen-bond donors (Lipinski definition) is 1. The SMILES string of the molecule is CCOc1ccc(Cl)c(/C(O)=C2\C(=O)C(=O)N(c3ccc(N(CC)CC)cc3)C2c2ccc(OC)cc2)c1. The van der Waals surface area contributed by atoms with Crippen LogP contribution in [0.15, 0.2) is 72.3 Å². The molecule has 8 heteroatoms. The van der Waals surface area contributed by atoms with Crippen molar-refractivity contribution in [2.24, 2.45) is 0 Å². The van der Waals surface area contributed by atoms with E-state index in [1.165, 1.54) is 4.90 Å².